The Morgan fingerprint density at radius 1 is 1.08 bits per heavy atom. The number of aromatic carboxylic acids is 1. The summed E-state index contributed by atoms with van der Waals surface area (Å²) < 4.78 is 48.2. The molecule has 3 heterocycles. The molecular formula is C28H28F3N3O4S. The van der Waals surface area contributed by atoms with Gasteiger partial charge in [-0.05, 0) is 30.3 Å². The Balaban J connectivity index is 1.32. The minimum absolute atomic E-state index is 0.0709. The lowest BCUT2D eigenvalue weighted by Crippen LogP contribution is -2.46. The monoisotopic (exact) mass is 559 g/mol. The van der Waals surface area contributed by atoms with Gasteiger partial charge < -0.3 is 9.84 Å². The molecule has 206 valence electrons. The standard InChI is InChI=1S/C28H28F3N3O4S/c1-27(2,3)25-32-23(18-12-20(30)21(31)13-19(18)29)22(39-25)14-33-10-8-28(9-11-33)15-34(26(37)38-28)17-6-4-16(5-7-17)24(35)36/h4-7,12-13H,8-11,14-15H2,1-3H3,(H,35,36). The van der Waals surface area contributed by atoms with Crippen molar-refractivity contribution in [1.29, 1.82) is 0 Å². The zero-order valence-corrected chi connectivity index (χ0v) is 22.6. The van der Waals surface area contributed by atoms with E-state index >= 15 is 0 Å². The first-order valence-electron chi connectivity index (χ1n) is 12.6. The fourth-order valence-corrected chi connectivity index (χ4v) is 6.06. The summed E-state index contributed by atoms with van der Waals surface area (Å²) in [6.07, 6.45) is 0.671. The van der Waals surface area contributed by atoms with Crippen LogP contribution in [-0.4, -0.2) is 52.3 Å². The molecule has 1 N–H and O–H groups in total. The molecule has 0 unspecified atom stereocenters. The molecule has 11 heteroatoms. The van der Waals surface area contributed by atoms with E-state index in [-0.39, 0.29) is 16.5 Å². The molecule has 1 spiro atoms. The summed E-state index contributed by atoms with van der Waals surface area (Å²) in [5.41, 5.74) is -0.0406. The number of thiazole rings is 1. The number of carbonyl (C=O) groups is 2. The first-order valence-corrected chi connectivity index (χ1v) is 13.4. The minimum atomic E-state index is -1.25. The first-order chi connectivity index (χ1) is 18.3. The molecule has 2 saturated heterocycles. The summed E-state index contributed by atoms with van der Waals surface area (Å²) in [5, 5.41) is 9.88. The number of benzene rings is 2. The van der Waals surface area contributed by atoms with Crippen LogP contribution >= 0.6 is 11.3 Å². The molecule has 0 radical (unpaired) electrons. The van der Waals surface area contributed by atoms with Crippen molar-refractivity contribution < 1.29 is 32.6 Å². The van der Waals surface area contributed by atoms with Gasteiger partial charge in [0.25, 0.3) is 0 Å². The highest BCUT2D eigenvalue weighted by Gasteiger charge is 2.47. The summed E-state index contributed by atoms with van der Waals surface area (Å²) in [6.45, 7) is 7.95. The van der Waals surface area contributed by atoms with Crippen molar-refractivity contribution in [2.24, 2.45) is 0 Å². The number of hydrogen-bond acceptors (Lipinski definition) is 6. The second-order valence-electron chi connectivity index (χ2n) is 11.1. The summed E-state index contributed by atoms with van der Waals surface area (Å²) in [4.78, 5) is 32.9. The maximum absolute atomic E-state index is 14.7. The number of anilines is 1. The summed E-state index contributed by atoms with van der Waals surface area (Å²) in [5.74, 6) is -4.29. The second-order valence-corrected chi connectivity index (χ2v) is 12.1. The maximum atomic E-state index is 14.7. The van der Waals surface area contributed by atoms with Crippen LogP contribution in [-0.2, 0) is 16.7 Å². The van der Waals surface area contributed by atoms with E-state index < -0.39 is 35.1 Å². The number of carboxylic acid groups (broad SMARTS) is 1. The molecule has 2 fully saturated rings. The lowest BCUT2D eigenvalue weighted by Gasteiger charge is -2.37. The zero-order chi connectivity index (χ0) is 28.1. The maximum Gasteiger partial charge on any atom is 0.415 e. The average Bonchev–Trinajstić information content (AvgIpc) is 3.44. The van der Waals surface area contributed by atoms with E-state index in [2.05, 4.69) is 9.88 Å². The molecule has 7 nitrogen and oxygen atoms in total. The van der Waals surface area contributed by atoms with Crippen LogP contribution in [0.1, 0.15) is 53.9 Å². The third-order valence-corrected chi connectivity index (χ3v) is 8.60. The number of halogens is 3. The molecule has 3 aromatic rings. The van der Waals surface area contributed by atoms with Gasteiger partial charge in [0.15, 0.2) is 11.6 Å². The van der Waals surface area contributed by atoms with Crippen LogP contribution < -0.4 is 4.90 Å². The molecule has 1 aromatic heterocycles. The van der Waals surface area contributed by atoms with Gasteiger partial charge >= 0.3 is 12.1 Å². The number of nitrogens with zero attached hydrogens (tertiary/aromatic N) is 3. The Morgan fingerprint density at radius 3 is 2.33 bits per heavy atom. The van der Waals surface area contributed by atoms with Crippen molar-refractivity contribution in [1.82, 2.24) is 9.88 Å². The van der Waals surface area contributed by atoms with Crippen LogP contribution in [0.15, 0.2) is 36.4 Å². The molecule has 39 heavy (non-hydrogen) atoms. The molecule has 0 aliphatic carbocycles. The molecule has 0 saturated carbocycles. The quantitative estimate of drug-likeness (QED) is 0.374. The third-order valence-electron chi connectivity index (χ3n) is 7.13. The molecule has 2 aromatic carbocycles. The van der Waals surface area contributed by atoms with E-state index in [4.69, 9.17) is 9.84 Å². The average molecular weight is 560 g/mol. The smallest absolute Gasteiger partial charge is 0.415 e. The summed E-state index contributed by atoms with van der Waals surface area (Å²) >= 11 is 1.43. The van der Waals surface area contributed by atoms with Gasteiger partial charge in [0.2, 0.25) is 0 Å². The molecule has 1 amide bonds. The van der Waals surface area contributed by atoms with Crippen molar-refractivity contribution >= 4 is 29.1 Å². The van der Waals surface area contributed by atoms with Crippen LogP contribution in [0, 0.1) is 17.5 Å². The van der Waals surface area contributed by atoms with Crippen molar-refractivity contribution in [2.75, 3.05) is 24.5 Å². The van der Waals surface area contributed by atoms with Gasteiger partial charge in [-0.3, -0.25) is 9.80 Å². The van der Waals surface area contributed by atoms with E-state index in [1.807, 2.05) is 20.8 Å². The Labute approximate surface area is 227 Å². The topological polar surface area (TPSA) is 83.0 Å². The van der Waals surface area contributed by atoms with Gasteiger partial charge in [-0.2, -0.15) is 0 Å². The lowest BCUT2D eigenvalue weighted by molar-refractivity contribution is -0.000733. The van der Waals surface area contributed by atoms with E-state index in [0.29, 0.717) is 56.5 Å². The molecule has 2 aliphatic heterocycles. The van der Waals surface area contributed by atoms with E-state index in [0.717, 1.165) is 16.0 Å². The zero-order valence-electron chi connectivity index (χ0n) is 21.8. The van der Waals surface area contributed by atoms with Crippen LogP contribution in [0.3, 0.4) is 0 Å². The van der Waals surface area contributed by atoms with Gasteiger partial charge in [0, 0.05) is 60.1 Å². The van der Waals surface area contributed by atoms with Crippen LogP contribution in [0.25, 0.3) is 11.3 Å². The number of carboxylic acids is 1. The number of rotatable bonds is 5. The predicted octanol–water partition coefficient (Wildman–Crippen LogP) is 6.21. The number of hydrogen-bond donors (Lipinski definition) is 1. The largest absolute Gasteiger partial charge is 0.478 e. The molecule has 0 bridgehead atoms. The minimum Gasteiger partial charge on any atom is -0.478 e. The number of likely N-dealkylation sites (tertiary alicyclic amines) is 1. The Bertz CT molecular complexity index is 1430. The van der Waals surface area contributed by atoms with Crippen molar-refractivity contribution in [3.05, 3.63) is 69.3 Å². The van der Waals surface area contributed by atoms with Gasteiger partial charge in [0.1, 0.15) is 11.4 Å². The fraction of sp³-hybridized carbons (Fsp3) is 0.393. The lowest BCUT2D eigenvalue weighted by atomic mass is 9.91. The fourth-order valence-electron chi connectivity index (χ4n) is 4.88. The van der Waals surface area contributed by atoms with Gasteiger partial charge in [-0.15, -0.1) is 11.3 Å². The van der Waals surface area contributed by atoms with Gasteiger partial charge in [-0.25, -0.2) is 27.7 Å². The number of carbonyl (C=O) groups excluding carboxylic acids is 1. The normalized spacial score (nSPS) is 17.6. The Morgan fingerprint density at radius 2 is 1.72 bits per heavy atom. The second kappa shape index (κ2) is 9.95. The SMILES string of the molecule is CC(C)(C)c1nc(-c2cc(F)c(F)cc2F)c(CN2CCC3(CC2)CN(c2ccc(C(=O)O)cc2)C(=O)O3)s1. The van der Waals surface area contributed by atoms with E-state index in [9.17, 15) is 22.8 Å². The highest BCUT2D eigenvalue weighted by molar-refractivity contribution is 7.12. The van der Waals surface area contributed by atoms with Crippen molar-refractivity contribution in [3.63, 3.8) is 0 Å². The Kier molecular flexibility index (Phi) is 6.92. The van der Waals surface area contributed by atoms with E-state index in [1.54, 1.807) is 12.1 Å². The summed E-state index contributed by atoms with van der Waals surface area (Å²) in [7, 11) is 0. The summed E-state index contributed by atoms with van der Waals surface area (Å²) in [6, 6.07) is 7.49. The van der Waals surface area contributed by atoms with Crippen LogP contribution in [0.5, 0.6) is 0 Å². The van der Waals surface area contributed by atoms with Crippen LogP contribution in [0.2, 0.25) is 0 Å². The first kappa shape index (κ1) is 27.1. The van der Waals surface area contributed by atoms with Crippen molar-refractivity contribution in [3.8, 4) is 11.3 Å². The Hall–Kier alpha value is -3.44. The molecule has 2 aliphatic rings. The molecule has 0 atom stereocenters. The molecule has 5 rings (SSSR count). The number of ether oxygens (including phenoxy) is 1. The highest BCUT2D eigenvalue weighted by Crippen LogP contribution is 2.39. The van der Waals surface area contributed by atoms with Gasteiger partial charge in [-0.1, -0.05) is 20.8 Å². The third kappa shape index (κ3) is 5.38. The van der Waals surface area contributed by atoms with Gasteiger partial charge in [0.05, 0.1) is 22.8 Å². The number of aromatic nitrogens is 1. The molecular weight excluding hydrogens is 531 g/mol. The van der Waals surface area contributed by atoms with Crippen molar-refractivity contribution in [2.45, 2.75) is 51.2 Å². The van der Waals surface area contributed by atoms with E-state index in [1.165, 1.54) is 28.4 Å². The highest BCUT2D eigenvalue weighted by atomic mass is 32.1. The van der Waals surface area contributed by atoms with Crippen LogP contribution in [0.4, 0.5) is 23.7 Å². The number of amides is 1. The number of piperidine rings is 1. The predicted molar refractivity (Wildman–Crippen MR) is 141 cm³/mol.